The Hall–Kier alpha value is -3.20. The molecule has 1 saturated carbocycles. The number of hydrogen-bond acceptors (Lipinski definition) is 5. The molecule has 1 amide bonds. The second-order valence-electron chi connectivity index (χ2n) is 7.74. The second-order valence-corrected chi connectivity index (χ2v) is 8.60. The van der Waals surface area contributed by atoms with E-state index in [9.17, 15) is 9.18 Å². The van der Waals surface area contributed by atoms with Crippen molar-refractivity contribution in [2.75, 3.05) is 10.6 Å². The zero-order valence-electron chi connectivity index (χ0n) is 16.6. The molecule has 158 valence electrons. The number of halogens is 2. The van der Waals surface area contributed by atoms with E-state index in [4.69, 9.17) is 4.98 Å². The molecule has 2 aliphatic rings. The van der Waals surface area contributed by atoms with Crippen LogP contribution in [0.4, 0.5) is 16.0 Å². The van der Waals surface area contributed by atoms with Crippen LogP contribution in [0.25, 0.3) is 11.7 Å². The van der Waals surface area contributed by atoms with Crippen LogP contribution in [0, 0.1) is 5.82 Å². The lowest BCUT2D eigenvalue weighted by molar-refractivity contribution is -0.118. The molecule has 0 atom stereocenters. The van der Waals surface area contributed by atoms with Crippen molar-refractivity contribution in [2.24, 2.45) is 0 Å². The van der Waals surface area contributed by atoms with Gasteiger partial charge in [0.15, 0.2) is 5.65 Å². The standard InChI is InChI=1S/C22H20BrFN6O/c1-12-13(8-21(31)27-12)6-15-11-26-30-20(28-17-3-4-17)9-19(29-22(15)30)25-10-14-7-16(24)2-5-18(14)23/h2,5-7,9,11,17,28H,1,3-4,8,10H2,(H,25,29)(H,27,31)/b13-6+. The highest BCUT2D eigenvalue weighted by Gasteiger charge is 2.24. The molecule has 31 heavy (non-hydrogen) atoms. The lowest BCUT2D eigenvalue weighted by Gasteiger charge is -2.12. The van der Waals surface area contributed by atoms with Crippen LogP contribution in [0.15, 0.2) is 52.8 Å². The highest BCUT2D eigenvalue weighted by molar-refractivity contribution is 9.10. The molecule has 3 N–H and O–H groups in total. The predicted molar refractivity (Wildman–Crippen MR) is 121 cm³/mol. The number of aromatic nitrogens is 3. The minimum Gasteiger partial charge on any atom is -0.367 e. The number of benzene rings is 1. The molecule has 1 aliphatic carbocycles. The van der Waals surface area contributed by atoms with Gasteiger partial charge in [-0.1, -0.05) is 22.5 Å². The van der Waals surface area contributed by atoms with E-state index in [-0.39, 0.29) is 18.1 Å². The SMILES string of the molecule is C=C1NC(=O)C/C1=C\c1cnn2c(NC3CC3)cc(NCc3cc(F)ccc3Br)nc12. The zero-order chi connectivity index (χ0) is 21.5. The normalized spacial score (nSPS) is 17.4. The van der Waals surface area contributed by atoms with Crippen molar-refractivity contribution >= 4 is 45.2 Å². The molecule has 0 bridgehead atoms. The fourth-order valence-corrected chi connectivity index (χ4v) is 3.86. The van der Waals surface area contributed by atoms with Gasteiger partial charge in [0.05, 0.1) is 12.6 Å². The van der Waals surface area contributed by atoms with E-state index in [1.165, 1.54) is 12.1 Å². The van der Waals surface area contributed by atoms with Crippen molar-refractivity contribution in [3.05, 3.63) is 69.7 Å². The topological polar surface area (TPSA) is 83.4 Å². The maximum absolute atomic E-state index is 13.6. The Morgan fingerprint density at radius 1 is 1.35 bits per heavy atom. The van der Waals surface area contributed by atoms with Crippen LogP contribution in [-0.2, 0) is 11.3 Å². The van der Waals surface area contributed by atoms with E-state index in [1.54, 1.807) is 16.8 Å². The Balaban J connectivity index is 1.50. The summed E-state index contributed by atoms with van der Waals surface area (Å²) in [6.45, 7) is 4.31. The average Bonchev–Trinajstić information content (AvgIpc) is 3.37. The first kappa shape index (κ1) is 19.7. The summed E-state index contributed by atoms with van der Waals surface area (Å²) in [5.41, 5.74) is 3.67. The van der Waals surface area contributed by atoms with Crippen LogP contribution in [0.2, 0.25) is 0 Å². The van der Waals surface area contributed by atoms with E-state index in [0.29, 0.717) is 29.7 Å². The van der Waals surface area contributed by atoms with Gasteiger partial charge in [-0.3, -0.25) is 4.79 Å². The number of fused-ring (bicyclic) bond motifs is 1. The summed E-state index contributed by atoms with van der Waals surface area (Å²) in [5.74, 6) is 1.12. The number of rotatable bonds is 6. The number of allylic oxidation sites excluding steroid dienone is 1. The third kappa shape index (κ3) is 4.18. The molecule has 5 rings (SSSR count). The van der Waals surface area contributed by atoms with Gasteiger partial charge in [-0.25, -0.2) is 9.37 Å². The lowest BCUT2D eigenvalue weighted by atomic mass is 10.1. The van der Waals surface area contributed by atoms with Crippen LogP contribution in [0.3, 0.4) is 0 Å². The Labute approximate surface area is 186 Å². The van der Waals surface area contributed by atoms with Gasteiger partial charge in [-0.2, -0.15) is 9.61 Å². The van der Waals surface area contributed by atoms with Gasteiger partial charge in [-0.05, 0) is 48.3 Å². The van der Waals surface area contributed by atoms with Crippen molar-refractivity contribution in [1.29, 1.82) is 0 Å². The fraction of sp³-hybridized carbons (Fsp3) is 0.227. The first-order valence-corrected chi connectivity index (χ1v) is 10.8. The number of carbonyl (C=O) groups is 1. The number of nitrogens with one attached hydrogen (secondary N) is 3. The molecular formula is C22H20BrFN6O. The van der Waals surface area contributed by atoms with Gasteiger partial charge < -0.3 is 16.0 Å². The van der Waals surface area contributed by atoms with E-state index >= 15 is 0 Å². The second kappa shape index (κ2) is 7.81. The predicted octanol–water partition coefficient (Wildman–Crippen LogP) is 4.23. The third-order valence-corrected chi connectivity index (χ3v) is 6.03. The maximum atomic E-state index is 13.6. The number of anilines is 2. The minimum absolute atomic E-state index is 0.0696. The number of amides is 1. The van der Waals surface area contributed by atoms with Crippen LogP contribution < -0.4 is 16.0 Å². The highest BCUT2D eigenvalue weighted by Crippen LogP contribution is 2.29. The van der Waals surface area contributed by atoms with Crippen LogP contribution >= 0.6 is 15.9 Å². The number of nitrogens with zero attached hydrogens (tertiary/aromatic N) is 3. The summed E-state index contributed by atoms with van der Waals surface area (Å²) in [5, 5.41) is 14.0. The van der Waals surface area contributed by atoms with Crippen molar-refractivity contribution in [3.63, 3.8) is 0 Å². The molecule has 7 nitrogen and oxygen atoms in total. The first-order chi connectivity index (χ1) is 15.0. The minimum atomic E-state index is -0.288. The Kier molecular flexibility index (Phi) is 4.97. The molecule has 2 aromatic heterocycles. The molecule has 3 aromatic rings. The van der Waals surface area contributed by atoms with Gasteiger partial charge in [0.25, 0.3) is 0 Å². The zero-order valence-corrected chi connectivity index (χ0v) is 18.2. The molecule has 1 aliphatic heterocycles. The fourth-order valence-electron chi connectivity index (χ4n) is 3.47. The van der Waals surface area contributed by atoms with Gasteiger partial charge in [0.1, 0.15) is 17.5 Å². The molecule has 0 unspecified atom stereocenters. The van der Waals surface area contributed by atoms with Gasteiger partial charge in [-0.15, -0.1) is 0 Å². The van der Waals surface area contributed by atoms with Crippen molar-refractivity contribution in [3.8, 4) is 0 Å². The molecule has 2 fully saturated rings. The molecule has 1 saturated heterocycles. The molecular weight excluding hydrogens is 463 g/mol. The summed E-state index contributed by atoms with van der Waals surface area (Å²) in [4.78, 5) is 16.4. The Bertz CT molecular complexity index is 1250. The van der Waals surface area contributed by atoms with E-state index in [0.717, 1.165) is 39.8 Å². The Morgan fingerprint density at radius 3 is 2.94 bits per heavy atom. The maximum Gasteiger partial charge on any atom is 0.228 e. The van der Waals surface area contributed by atoms with Crippen LogP contribution in [-0.4, -0.2) is 26.5 Å². The molecule has 0 radical (unpaired) electrons. The molecule has 0 spiro atoms. The van der Waals surface area contributed by atoms with Crippen molar-refractivity contribution in [2.45, 2.75) is 31.8 Å². The summed E-state index contributed by atoms with van der Waals surface area (Å²) in [6.07, 6.45) is 6.15. The van der Waals surface area contributed by atoms with Gasteiger partial charge in [0.2, 0.25) is 5.91 Å². The van der Waals surface area contributed by atoms with Crippen LogP contribution in [0.1, 0.15) is 30.4 Å². The van der Waals surface area contributed by atoms with Crippen molar-refractivity contribution in [1.82, 2.24) is 19.9 Å². The first-order valence-electron chi connectivity index (χ1n) is 9.99. The van der Waals surface area contributed by atoms with Gasteiger partial charge >= 0.3 is 0 Å². The number of carbonyl (C=O) groups excluding carboxylic acids is 1. The van der Waals surface area contributed by atoms with Crippen LogP contribution in [0.5, 0.6) is 0 Å². The summed E-state index contributed by atoms with van der Waals surface area (Å²) in [6, 6.07) is 6.93. The summed E-state index contributed by atoms with van der Waals surface area (Å²) < 4.78 is 16.2. The summed E-state index contributed by atoms with van der Waals surface area (Å²) in [7, 11) is 0. The quantitative estimate of drug-likeness (QED) is 0.489. The van der Waals surface area contributed by atoms with Gasteiger partial charge in [0, 0.05) is 34.4 Å². The van der Waals surface area contributed by atoms with E-state index in [1.807, 2.05) is 12.1 Å². The largest absolute Gasteiger partial charge is 0.367 e. The molecule has 3 heterocycles. The monoisotopic (exact) mass is 482 g/mol. The molecule has 9 heteroatoms. The third-order valence-electron chi connectivity index (χ3n) is 5.25. The van der Waals surface area contributed by atoms with E-state index in [2.05, 4.69) is 43.6 Å². The highest BCUT2D eigenvalue weighted by atomic mass is 79.9. The smallest absolute Gasteiger partial charge is 0.228 e. The number of hydrogen-bond donors (Lipinski definition) is 3. The van der Waals surface area contributed by atoms with E-state index < -0.39 is 0 Å². The summed E-state index contributed by atoms with van der Waals surface area (Å²) >= 11 is 3.46. The molecule has 1 aromatic carbocycles. The van der Waals surface area contributed by atoms with Crippen molar-refractivity contribution < 1.29 is 9.18 Å². The Morgan fingerprint density at radius 2 is 2.19 bits per heavy atom. The lowest BCUT2D eigenvalue weighted by Crippen LogP contribution is -2.10. The average molecular weight is 483 g/mol.